The minimum atomic E-state index is -0.826. The van der Waals surface area contributed by atoms with E-state index in [1.165, 1.54) is 0 Å². The van der Waals surface area contributed by atoms with Crippen molar-refractivity contribution in [3.63, 3.8) is 0 Å². The number of carbonyl (C=O) groups excluding carboxylic acids is 1. The van der Waals surface area contributed by atoms with Gasteiger partial charge in [-0.2, -0.15) is 0 Å². The van der Waals surface area contributed by atoms with Crippen molar-refractivity contribution >= 4 is 11.9 Å². The van der Waals surface area contributed by atoms with Gasteiger partial charge in [0.25, 0.3) is 5.91 Å². The molecule has 2 heterocycles. The van der Waals surface area contributed by atoms with Crippen molar-refractivity contribution in [2.45, 2.75) is 13.3 Å². The maximum atomic E-state index is 12.3. The monoisotopic (exact) mass is 277 g/mol. The second-order valence-corrected chi connectivity index (χ2v) is 5.00. The summed E-state index contributed by atoms with van der Waals surface area (Å²) in [6.45, 7) is 4.43. The number of nitrogens with zero attached hydrogens (tertiary/aromatic N) is 3. The zero-order valence-corrected chi connectivity index (χ0v) is 11.6. The molecule has 1 N–H and O–H groups in total. The molecule has 1 aromatic rings. The Morgan fingerprint density at radius 1 is 1.25 bits per heavy atom. The molecule has 1 amide bonds. The highest BCUT2D eigenvalue weighted by Crippen LogP contribution is 2.09. The molecule has 0 bridgehead atoms. The minimum Gasteiger partial charge on any atom is -0.480 e. The molecule has 1 aromatic heterocycles. The molecule has 0 spiro atoms. The summed E-state index contributed by atoms with van der Waals surface area (Å²) in [4.78, 5) is 30.8. The minimum absolute atomic E-state index is 0.0327. The van der Waals surface area contributed by atoms with E-state index < -0.39 is 5.97 Å². The summed E-state index contributed by atoms with van der Waals surface area (Å²) in [5.74, 6) is -0.859. The number of aliphatic carboxylic acids is 1. The first-order valence-corrected chi connectivity index (χ1v) is 6.72. The summed E-state index contributed by atoms with van der Waals surface area (Å²) in [7, 11) is 0. The van der Waals surface area contributed by atoms with E-state index in [0.29, 0.717) is 31.7 Å². The van der Waals surface area contributed by atoms with Gasteiger partial charge in [-0.15, -0.1) is 0 Å². The van der Waals surface area contributed by atoms with Crippen LogP contribution in [-0.2, 0) is 4.79 Å². The normalized spacial score (nSPS) is 16.8. The molecule has 108 valence electrons. The number of hydrogen-bond donors (Lipinski definition) is 1. The lowest BCUT2D eigenvalue weighted by Gasteiger charge is -2.21. The third-order valence-corrected chi connectivity index (χ3v) is 3.39. The van der Waals surface area contributed by atoms with E-state index in [1.54, 1.807) is 17.2 Å². The van der Waals surface area contributed by atoms with Gasteiger partial charge in [0.1, 0.15) is 0 Å². The summed E-state index contributed by atoms with van der Waals surface area (Å²) < 4.78 is 0. The highest BCUT2D eigenvalue weighted by Gasteiger charge is 2.21. The predicted molar refractivity (Wildman–Crippen MR) is 73.6 cm³/mol. The number of amides is 1. The standard InChI is InChI=1S/C14H19N3O3/c1-11-3-4-12(9-15-11)14(20)17-6-2-5-16(7-8-17)10-13(18)19/h3-4,9H,2,5-8,10H2,1H3,(H,18,19). The summed E-state index contributed by atoms with van der Waals surface area (Å²) >= 11 is 0. The Labute approximate surface area is 118 Å². The fourth-order valence-corrected chi connectivity index (χ4v) is 2.30. The molecule has 0 aromatic carbocycles. The topological polar surface area (TPSA) is 73.7 Å². The average Bonchev–Trinajstić information content (AvgIpc) is 2.64. The SMILES string of the molecule is Cc1ccc(C(=O)N2CCCN(CC(=O)O)CC2)cn1. The van der Waals surface area contributed by atoms with Gasteiger partial charge in [-0.1, -0.05) is 0 Å². The molecule has 0 unspecified atom stereocenters. The number of aryl methyl sites for hydroxylation is 1. The molecule has 0 saturated carbocycles. The van der Waals surface area contributed by atoms with Crippen LogP contribution in [0, 0.1) is 6.92 Å². The highest BCUT2D eigenvalue weighted by atomic mass is 16.4. The van der Waals surface area contributed by atoms with Crippen LogP contribution in [0.25, 0.3) is 0 Å². The van der Waals surface area contributed by atoms with Gasteiger partial charge in [-0.05, 0) is 25.5 Å². The summed E-state index contributed by atoms with van der Waals surface area (Å²) in [5.41, 5.74) is 1.47. The first-order valence-electron chi connectivity index (χ1n) is 6.72. The van der Waals surface area contributed by atoms with E-state index >= 15 is 0 Å². The molecule has 6 nitrogen and oxygen atoms in total. The maximum Gasteiger partial charge on any atom is 0.317 e. The van der Waals surface area contributed by atoms with Gasteiger partial charge in [-0.3, -0.25) is 19.5 Å². The number of rotatable bonds is 3. The molecule has 20 heavy (non-hydrogen) atoms. The van der Waals surface area contributed by atoms with Crippen molar-refractivity contribution in [3.05, 3.63) is 29.6 Å². The maximum absolute atomic E-state index is 12.3. The number of aromatic nitrogens is 1. The fourth-order valence-electron chi connectivity index (χ4n) is 2.30. The van der Waals surface area contributed by atoms with Crippen LogP contribution in [0.4, 0.5) is 0 Å². The van der Waals surface area contributed by atoms with Crippen molar-refractivity contribution < 1.29 is 14.7 Å². The van der Waals surface area contributed by atoms with Crippen LogP contribution in [0.15, 0.2) is 18.3 Å². The van der Waals surface area contributed by atoms with Crippen LogP contribution in [0.5, 0.6) is 0 Å². The van der Waals surface area contributed by atoms with Crippen molar-refractivity contribution in [2.75, 3.05) is 32.7 Å². The van der Waals surface area contributed by atoms with Crippen LogP contribution < -0.4 is 0 Å². The Morgan fingerprint density at radius 3 is 2.70 bits per heavy atom. The van der Waals surface area contributed by atoms with E-state index in [0.717, 1.165) is 12.1 Å². The molecule has 1 fully saturated rings. The van der Waals surface area contributed by atoms with Gasteiger partial charge in [0.05, 0.1) is 12.1 Å². The number of hydrogen-bond acceptors (Lipinski definition) is 4. The number of carboxylic acids is 1. The largest absolute Gasteiger partial charge is 0.480 e. The van der Waals surface area contributed by atoms with E-state index in [-0.39, 0.29) is 12.5 Å². The van der Waals surface area contributed by atoms with Crippen LogP contribution in [0.2, 0.25) is 0 Å². The van der Waals surface area contributed by atoms with Crippen LogP contribution in [0.1, 0.15) is 22.5 Å². The average molecular weight is 277 g/mol. The van der Waals surface area contributed by atoms with Gasteiger partial charge in [-0.25, -0.2) is 0 Å². The molecular formula is C14H19N3O3. The molecule has 6 heteroatoms. The fraction of sp³-hybridized carbons (Fsp3) is 0.500. The van der Waals surface area contributed by atoms with Crippen LogP contribution in [-0.4, -0.2) is 64.5 Å². The Kier molecular flexibility index (Phi) is 4.68. The van der Waals surface area contributed by atoms with Crippen molar-refractivity contribution in [1.82, 2.24) is 14.8 Å². The van der Waals surface area contributed by atoms with E-state index in [1.807, 2.05) is 17.9 Å². The van der Waals surface area contributed by atoms with E-state index in [9.17, 15) is 9.59 Å². The van der Waals surface area contributed by atoms with Gasteiger partial charge >= 0.3 is 5.97 Å². The van der Waals surface area contributed by atoms with Crippen LogP contribution >= 0.6 is 0 Å². The smallest absolute Gasteiger partial charge is 0.317 e. The van der Waals surface area contributed by atoms with Crippen molar-refractivity contribution in [3.8, 4) is 0 Å². The molecular weight excluding hydrogens is 258 g/mol. The number of pyridine rings is 1. The Balaban J connectivity index is 1.97. The molecule has 1 aliphatic heterocycles. The lowest BCUT2D eigenvalue weighted by molar-refractivity contribution is -0.138. The molecule has 1 aliphatic rings. The summed E-state index contributed by atoms with van der Waals surface area (Å²) in [5, 5.41) is 8.81. The van der Waals surface area contributed by atoms with E-state index in [4.69, 9.17) is 5.11 Å². The third-order valence-electron chi connectivity index (χ3n) is 3.39. The predicted octanol–water partition coefficient (Wildman–Crippen LogP) is 0.623. The number of carbonyl (C=O) groups is 2. The zero-order valence-electron chi connectivity index (χ0n) is 11.6. The summed E-state index contributed by atoms with van der Waals surface area (Å²) in [6.07, 6.45) is 2.38. The summed E-state index contributed by atoms with van der Waals surface area (Å²) in [6, 6.07) is 3.60. The first kappa shape index (κ1) is 14.5. The van der Waals surface area contributed by atoms with Crippen molar-refractivity contribution in [2.24, 2.45) is 0 Å². The third kappa shape index (κ3) is 3.77. The van der Waals surface area contributed by atoms with Gasteiger partial charge in [0, 0.05) is 38.1 Å². The molecule has 0 atom stereocenters. The molecule has 2 rings (SSSR count). The number of carboxylic acid groups (broad SMARTS) is 1. The zero-order chi connectivity index (χ0) is 14.5. The lowest BCUT2D eigenvalue weighted by atomic mass is 10.2. The van der Waals surface area contributed by atoms with Gasteiger partial charge < -0.3 is 10.0 Å². The lowest BCUT2D eigenvalue weighted by Crippen LogP contribution is -2.36. The van der Waals surface area contributed by atoms with E-state index in [2.05, 4.69) is 4.98 Å². The highest BCUT2D eigenvalue weighted by molar-refractivity contribution is 5.93. The second-order valence-electron chi connectivity index (χ2n) is 5.00. The Hall–Kier alpha value is -1.95. The van der Waals surface area contributed by atoms with Crippen molar-refractivity contribution in [1.29, 1.82) is 0 Å². The Bertz CT molecular complexity index is 487. The van der Waals surface area contributed by atoms with Gasteiger partial charge in [0.2, 0.25) is 0 Å². The molecule has 0 radical (unpaired) electrons. The van der Waals surface area contributed by atoms with Crippen LogP contribution in [0.3, 0.4) is 0 Å². The van der Waals surface area contributed by atoms with Gasteiger partial charge in [0.15, 0.2) is 0 Å². The molecule has 0 aliphatic carbocycles. The Morgan fingerprint density at radius 2 is 2.05 bits per heavy atom. The first-order chi connectivity index (χ1) is 9.56. The second kappa shape index (κ2) is 6.47. The molecule has 1 saturated heterocycles. The quantitative estimate of drug-likeness (QED) is 0.877.